The molecular weight excluding hydrogens is 284 g/mol. The van der Waals surface area contributed by atoms with Gasteiger partial charge in [-0.1, -0.05) is 30.3 Å². The van der Waals surface area contributed by atoms with Crippen LogP contribution in [0.15, 0.2) is 54.6 Å². The largest absolute Gasteiger partial charge is 0.478 e. The van der Waals surface area contributed by atoms with Crippen molar-refractivity contribution >= 4 is 18.0 Å². The van der Waals surface area contributed by atoms with Crippen molar-refractivity contribution in [2.75, 3.05) is 7.11 Å². The van der Waals surface area contributed by atoms with E-state index in [-0.39, 0.29) is 11.3 Å². The number of hydrogen-bond donors (Lipinski definition) is 1. The van der Waals surface area contributed by atoms with Gasteiger partial charge in [-0.3, -0.25) is 0 Å². The Morgan fingerprint density at radius 2 is 1.64 bits per heavy atom. The lowest BCUT2D eigenvalue weighted by Crippen LogP contribution is -2.00. The lowest BCUT2D eigenvalue weighted by Gasteiger charge is -2.10. The first-order chi connectivity index (χ1) is 10.6. The van der Waals surface area contributed by atoms with Crippen molar-refractivity contribution in [1.82, 2.24) is 0 Å². The topological polar surface area (TPSA) is 72.8 Å². The Hall–Kier alpha value is -3.08. The van der Waals surface area contributed by atoms with Crippen LogP contribution >= 0.6 is 0 Å². The van der Waals surface area contributed by atoms with Crippen molar-refractivity contribution in [2.45, 2.75) is 0 Å². The third kappa shape index (κ3) is 3.73. The molecule has 0 amide bonds. The van der Waals surface area contributed by atoms with E-state index in [1.54, 1.807) is 48.5 Å². The predicted octanol–water partition coefficient (Wildman–Crippen LogP) is 3.36. The lowest BCUT2D eigenvalue weighted by molar-refractivity contribution is -0.134. The van der Waals surface area contributed by atoms with Crippen LogP contribution in [0.4, 0.5) is 0 Å². The maximum Gasteiger partial charge on any atom is 0.339 e. The van der Waals surface area contributed by atoms with Gasteiger partial charge in [0.1, 0.15) is 17.1 Å². The highest BCUT2D eigenvalue weighted by atomic mass is 16.5. The molecule has 0 aliphatic carbocycles. The van der Waals surface area contributed by atoms with Gasteiger partial charge >= 0.3 is 11.9 Å². The zero-order valence-electron chi connectivity index (χ0n) is 11.9. The van der Waals surface area contributed by atoms with Gasteiger partial charge in [-0.15, -0.1) is 0 Å². The molecule has 22 heavy (non-hydrogen) atoms. The molecule has 0 bridgehead atoms. The van der Waals surface area contributed by atoms with E-state index in [2.05, 4.69) is 4.74 Å². The number of carboxylic acids is 1. The average molecular weight is 298 g/mol. The van der Waals surface area contributed by atoms with Gasteiger partial charge in [0.25, 0.3) is 0 Å². The number of methoxy groups -OCH3 is 1. The predicted molar refractivity (Wildman–Crippen MR) is 81.0 cm³/mol. The summed E-state index contributed by atoms with van der Waals surface area (Å²) in [4.78, 5) is 22.4. The Labute approximate surface area is 127 Å². The highest BCUT2D eigenvalue weighted by Gasteiger charge is 2.12. The van der Waals surface area contributed by atoms with E-state index in [0.717, 1.165) is 0 Å². The second-order valence-corrected chi connectivity index (χ2v) is 4.30. The van der Waals surface area contributed by atoms with Gasteiger partial charge in [-0.05, 0) is 24.3 Å². The van der Waals surface area contributed by atoms with Crippen LogP contribution in [-0.4, -0.2) is 24.2 Å². The Kier molecular flexibility index (Phi) is 4.93. The summed E-state index contributed by atoms with van der Waals surface area (Å²) in [5, 5.41) is 9.17. The lowest BCUT2D eigenvalue weighted by atomic mass is 10.1. The van der Waals surface area contributed by atoms with Gasteiger partial charge in [-0.2, -0.15) is 0 Å². The molecule has 0 aliphatic rings. The SMILES string of the molecule is COC(=O)C=Cc1ccccc1Oc1ccccc1C(=O)O. The molecule has 0 radical (unpaired) electrons. The number of carbonyl (C=O) groups excluding carboxylic acids is 1. The minimum Gasteiger partial charge on any atom is -0.478 e. The molecule has 0 saturated carbocycles. The van der Waals surface area contributed by atoms with E-state index in [4.69, 9.17) is 9.84 Å². The van der Waals surface area contributed by atoms with Gasteiger partial charge in [0.2, 0.25) is 0 Å². The van der Waals surface area contributed by atoms with Gasteiger partial charge in [0.05, 0.1) is 7.11 Å². The molecule has 0 fully saturated rings. The molecule has 5 nitrogen and oxygen atoms in total. The van der Waals surface area contributed by atoms with Crippen LogP contribution in [0.25, 0.3) is 6.08 Å². The molecule has 2 rings (SSSR count). The van der Waals surface area contributed by atoms with Gasteiger partial charge in [0, 0.05) is 11.6 Å². The minimum atomic E-state index is -1.07. The molecule has 0 saturated heterocycles. The molecule has 0 heterocycles. The fraction of sp³-hybridized carbons (Fsp3) is 0.0588. The molecule has 2 aromatic carbocycles. The van der Waals surface area contributed by atoms with Crippen molar-refractivity contribution in [1.29, 1.82) is 0 Å². The van der Waals surface area contributed by atoms with Crippen LogP contribution in [0.2, 0.25) is 0 Å². The number of aromatic carboxylic acids is 1. The highest BCUT2D eigenvalue weighted by Crippen LogP contribution is 2.28. The van der Waals surface area contributed by atoms with Crippen LogP contribution < -0.4 is 4.74 Å². The molecule has 0 spiro atoms. The first kappa shape index (κ1) is 15.3. The standard InChI is InChI=1S/C17H14O5/c1-21-16(18)11-10-12-6-2-4-8-14(12)22-15-9-5-3-7-13(15)17(19)20/h2-11H,1H3,(H,19,20). The van der Waals surface area contributed by atoms with E-state index in [1.807, 2.05) is 0 Å². The van der Waals surface area contributed by atoms with Crippen LogP contribution in [0.5, 0.6) is 11.5 Å². The van der Waals surface area contributed by atoms with E-state index in [9.17, 15) is 9.59 Å². The van der Waals surface area contributed by atoms with Crippen molar-refractivity contribution in [2.24, 2.45) is 0 Å². The molecule has 112 valence electrons. The summed E-state index contributed by atoms with van der Waals surface area (Å²) in [7, 11) is 1.29. The average Bonchev–Trinajstić information content (AvgIpc) is 2.54. The van der Waals surface area contributed by atoms with E-state index in [1.165, 1.54) is 19.3 Å². The molecule has 0 aromatic heterocycles. The van der Waals surface area contributed by atoms with Crippen LogP contribution in [-0.2, 0) is 9.53 Å². The van der Waals surface area contributed by atoms with Crippen LogP contribution in [0, 0.1) is 0 Å². The van der Waals surface area contributed by atoms with Gasteiger partial charge in [0.15, 0.2) is 0 Å². The number of ether oxygens (including phenoxy) is 2. The van der Waals surface area contributed by atoms with Crippen molar-refractivity contribution < 1.29 is 24.2 Å². The van der Waals surface area contributed by atoms with Gasteiger partial charge < -0.3 is 14.6 Å². The summed E-state index contributed by atoms with van der Waals surface area (Å²) >= 11 is 0. The van der Waals surface area contributed by atoms with Gasteiger partial charge in [-0.25, -0.2) is 9.59 Å². The first-order valence-corrected chi connectivity index (χ1v) is 6.47. The minimum absolute atomic E-state index is 0.0641. The summed E-state index contributed by atoms with van der Waals surface area (Å²) < 4.78 is 10.2. The number of esters is 1. The molecule has 0 aliphatic heterocycles. The molecular formula is C17H14O5. The Balaban J connectivity index is 2.33. The second kappa shape index (κ2) is 7.08. The summed E-state index contributed by atoms with van der Waals surface area (Å²) in [5.74, 6) is -0.885. The second-order valence-electron chi connectivity index (χ2n) is 4.30. The number of carbonyl (C=O) groups is 2. The normalized spacial score (nSPS) is 10.4. The van der Waals surface area contributed by atoms with Crippen molar-refractivity contribution in [3.8, 4) is 11.5 Å². The van der Waals surface area contributed by atoms with E-state index >= 15 is 0 Å². The van der Waals surface area contributed by atoms with E-state index in [0.29, 0.717) is 11.3 Å². The number of rotatable bonds is 5. The molecule has 0 unspecified atom stereocenters. The number of carboxylic acid groups (broad SMARTS) is 1. The third-order valence-electron chi connectivity index (χ3n) is 2.86. The fourth-order valence-electron chi connectivity index (χ4n) is 1.79. The quantitative estimate of drug-likeness (QED) is 0.677. The summed E-state index contributed by atoms with van der Waals surface area (Å²) in [6.07, 6.45) is 2.82. The monoisotopic (exact) mass is 298 g/mol. The van der Waals surface area contributed by atoms with Crippen LogP contribution in [0.3, 0.4) is 0 Å². The Morgan fingerprint density at radius 3 is 2.32 bits per heavy atom. The summed E-state index contributed by atoms with van der Waals surface area (Å²) in [6, 6.07) is 13.3. The first-order valence-electron chi connectivity index (χ1n) is 6.47. The number of benzene rings is 2. The maximum atomic E-state index is 11.2. The summed E-state index contributed by atoms with van der Waals surface area (Å²) in [5.41, 5.74) is 0.697. The summed E-state index contributed by atoms with van der Waals surface area (Å²) in [6.45, 7) is 0. The zero-order valence-corrected chi connectivity index (χ0v) is 11.9. The smallest absolute Gasteiger partial charge is 0.339 e. The maximum absolute atomic E-state index is 11.2. The molecule has 2 aromatic rings. The molecule has 0 atom stereocenters. The number of hydrogen-bond acceptors (Lipinski definition) is 4. The van der Waals surface area contributed by atoms with Crippen molar-refractivity contribution in [3.63, 3.8) is 0 Å². The highest BCUT2D eigenvalue weighted by molar-refractivity contribution is 5.91. The molecule has 5 heteroatoms. The Morgan fingerprint density at radius 1 is 1.00 bits per heavy atom. The third-order valence-corrected chi connectivity index (χ3v) is 2.86. The molecule has 1 N–H and O–H groups in total. The van der Waals surface area contributed by atoms with E-state index < -0.39 is 11.9 Å². The fourth-order valence-corrected chi connectivity index (χ4v) is 1.79. The zero-order chi connectivity index (χ0) is 15.9. The van der Waals surface area contributed by atoms with Crippen LogP contribution in [0.1, 0.15) is 15.9 Å². The van der Waals surface area contributed by atoms with Crippen molar-refractivity contribution in [3.05, 3.63) is 65.7 Å². The number of para-hydroxylation sites is 2. The Bertz CT molecular complexity index is 718.